The molecule has 2 rings (SSSR count). The molecule has 0 radical (unpaired) electrons. The molecule has 1 amide bonds. The van der Waals surface area contributed by atoms with E-state index in [1.54, 1.807) is 23.1 Å². The van der Waals surface area contributed by atoms with Gasteiger partial charge in [-0.3, -0.25) is 4.79 Å². The third-order valence-electron chi connectivity index (χ3n) is 3.04. The molecule has 106 valence electrons. The molecular formula is C16H19NOS2. The highest BCUT2D eigenvalue weighted by Gasteiger charge is 2.11. The van der Waals surface area contributed by atoms with E-state index in [-0.39, 0.29) is 11.9 Å². The number of carbonyl (C=O) groups excluding carboxylic acids is 1. The molecule has 0 aliphatic heterocycles. The Morgan fingerprint density at radius 2 is 2.15 bits per heavy atom. The molecule has 0 saturated carbocycles. The minimum Gasteiger partial charge on any atom is -0.348 e. The number of hydrogen-bond donors (Lipinski definition) is 1. The van der Waals surface area contributed by atoms with Gasteiger partial charge in [0.1, 0.15) is 0 Å². The van der Waals surface area contributed by atoms with E-state index in [0.29, 0.717) is 5.75 Å². The molecule has 0 aliphatic rings. The lowest BCUT2D eigenvalue weighted by molar-refractivity contribution is -0.119. The Kier molecular flexibility index (Phi) is 5.26. The second-order valence-electron chi connectivity index (χ2n) is 4.86. The van der Waals surface area contributed by atoms with Crippen LogP contribution < -0.4 is 5.32 Å². The van der Waals surface area contributed by atoms with Crippen molar-refractivity contribution in [1.82, 2.24) is 5.32 Å². The van der Waals surface area contributed by atoms with Gasteiger partial charge in [0.2, 0.25) is 5.91 Å². The summed E-state index contributed by atoms with van der Waals surface area (Å²) >= 11 is 3.26. The SMILES string of the molecule is Cc1ccc(SCC(=O)NC(C)c2cccs2)c(C)c1. The number of thiophene rings is 1. The van der Waals surface area contributed by atoms with Crippen molar-refractivity contribution in [2.75, 3.05) is 5.75 Å². The molecule has 1 heterocycles. The first-order valence-electron chi connectivity index (χ1n) is 6.59. The molecule has 0 spiro atoms. The van der Waals surface area contributed by atoms with Crippen LogP contribution in [0.4, 0.5) is 0 Å². The van der Waals surface area contributed by atoms with Gasteiger partial charge in [0, 0.05) is 9.77 Å². The number of aryl methyl sites for hydroxylation is 2. The van der Waals surface area contributed by atoms with Gasteiger partial charge >= 0.3 is 0 Å². The van der Waals surface area contributed by atoms with E-state index in [2.05, 4.69) is 37.4 Å². The molecule has 20 heavy (non-hydrogen) atoms. The fraction of sp³-hybridized carbons (Fsp3) is 0.312. The predicted octanol–water partition coefficient (Wildman–Crippen LogP) is 4.33. The lowest BCUT2D eigenvalue weighted by atomic mass is 10.2. The average molecular weight is 305 g/mol. The smallest absolute Gasteiger partial charge is 0.230 e. The van der Waals surface area contributed by atoms with Gasteiger partial charge in [-0.15, -0.1) is 23.1 Å². The van der Waals surface area contributed by atoms with E-state index in [0.717, 1.165) is 0 Å². The Balaban J connectivity index is 1.86. The minimum atomic E-state index is 0.0795. The summed E-state index contributed by atoms with van der Waals surface area (Å²) in [6.07, 6.45) is 0. The van der Waals surface area contributed by atoms with Crippen LogP contribution in [0.3, 0.4) is 0 Å². The predicted molar refractivity (Wildman–Crippen MR) is 87.5 cm³/mol. The first kappa shape index (κ1) is 15.1. The summed E-state index contributed by atoms with van der Waals surface area (Å²) in [7, 11) is 0. The van der Waals surface area contributed by atoms with Gasteiger partial charge in [-0.2, -0.15) is 0 Å². The van der Waals surface area contributed by atoms with Gasteiger partial charge in [-0.05, 0) is 43.8 Å². The van der Waals surface area contributed by atoms with Crippen molar-refractivity contribution in [2.24, 2.45) is 0 Å². The van der Waals surface area contributed by atoms with Gasteiger partial charge in [0.05, 0.1) is 11.8 Å². The van der Waals surface area contributed by atoms with Crippen molar-refractivity contribution >= 4 is 29.0 Å². The molecule has 0 saturated heterocycles. The lowest BCUT2D eigenvalue weighted by Gasteiger charge is -2.12. The molecule has 2 aromatic rings. The van der Waals surface area contributed by atoms with Crippen LogP contribution in [0, 0.1) is 13.8 Å². The van der Waals surface area contributed by atoms with Crippen molar-refractivity contribution < 1.29 is 4.79 Å². The van der Waals surface area contributed by atoms with Crippen molar-refractivity contribution in [3.8, 4) is 0 Å². The standard InChI is InChI=1S/C16H19NOS2/c1-11-6-7-14(12(2)9-11)20-10-16(18)17-13(3)15-5-4-8-19-15/h4-9,13H,10H2,1-3H3,(H,17,18). The molecule has 1 atom stereocenters. The van der Waals surface area contributed by atoms with Crippen molar-refractivity contribution in [1.29, 1.82) is 0 Å². The molecule has 0 bridgehead atoms. The maximum atomic E-state index is 12.0. The summed E-state index contributed by atoms with van der Waals surface area (Å²) in [6, 6.07) is 10.5. The molecule has 2 nitrogen and oxygen atoms in total. The number of thioether (sulfide) groups is 1. The van der Waals surface area contributed by atoms with Crippen LogP contribution >= 0.6 is 23.1 Å². The molecule has 1 unspecified atom stereocenters. The van der Waals surface area contributed by atoms with E-state index >= 15 is 0 Å². The number of carbonyl (C=O) groups is 1. The summed E-state index contributed by atoms with van der Waals surface area (Å²) in [5.74, 6) is 0.537. The van der Waals surface area contributed by atoms with Crippen LogP contribution in [0.15, 0.2) is 40.6 Å². The minimum absolute atomic E-state index is 0.0795. The Labute approximate surface area is 128 Å². The fourth-order valence-corrected chi connectivity index (χ4v) is 3.55. The number of nitrogens with one attached hydrogen (secondary N) is 1. The maximum Gasteiger partial charge on any atom is 0.230 e. The first-order valence-corrected chi connectivity index (χ1v) is 8.45. The van der Waals surface area contributed by atoms with Gasteiger partial charge in [0.15, 0.2) is 0 Å². The van der Waals surface area contributed by atoms with E-state index in [9.17, 15) is 4.79 Å². The topological polar surface area (TPSA) is 29.1 Å². The zero-order chi connectivity index (χ0) is 14.5. The van der Waals surface area contributed by atoms with Crippen LogP contribution in [0.1, 0.15) is 29.0 Å². The monoisotopic (exact) mass is 305 g/mol. The van der Waals surface area contributed by atoms with Crippen LogP contribution in [0.5, 0.6) is 0 Å². The number of amides is 1. The zero-order valence-electron chi connectivity index (χ0n) is 12.0. The van der Waals surface area contributed by atoms with Gasteiger partial charge in [-0.1, -0.05) is 23.8 Å². The summed E-state index contributed by atoms with van der Waals surface area (Å²) in [6.45, 7) is 6.18. The van der Waals surface area contributed by atoms with Crippen LogP contribution in [0.2, 0.25) is 0 Å². The van der Waals surface area contributed by atoms with Crippen molar-refractivity contribution in [3.05, 3.63) is 51.7 Å². The molecule has 1 aromatic carbocycles. The van der Waals surface area contributed by atoms with Crippen molar-refractivity contribution in [3.63, 3.8) is 0 Å². The maximum absolute atomic E-state index is 12.0. The van der Waals surface area contributed by atoms with E-state index < -0.39 is 0 Å². The summed E-state index contributed by atoms with van der Waals surface area (Å²) in [5.41, 5.74) is 2.48. The average Bonchev–Trinajstić information content (AvgIpc) is 2.91. The van der Waals surface area contributed by atoms with E-state index in [4.69, 9.17) is 0 Å². The lowest BCUT2D eigenvalue weighted by Crippen LogP contribution is -2.27. The highest BCUT2D eigenvalue weighted by atomic mass is 32.2. The second kappa shape index (κ2) is 6.95. The molecule has 0 aliphatic carbocycles. The Hall–Kier alpha value is -1.26. The van der Waals surface area contributed by atoms with Crippen molar-refractivity contribution in [2.45, 2.75) is 31.7 Å². The summed E-state index contributed by atoms with van der Waals surface area (Å²) in [5, 5.41) is 5.06. The number of benzene rings is 1. The van der Waals surface area contributed by atoms with Crippen LogP contribution in [0.25, 0.3) is 0 Å². The third-order valence-corrected chi connectivity index (χ3v) is 5.27. The third kappa shape index (κ3) is 4.12. The molecule has 0 fully saturated rings. The number of rotatable bonds is 5. The Morgan fingerprint density at radius 3 is 2.80 bits per heavy atom. The van der Waals surface area contributed by atoms with E-state index in [1.165, 1.54) is 20.9 Å². The fourth-order valence-electron chi connectivity index (χ4n) is 2.00. The Bertz CT molecular complexity index is 578. The normalized spacial score (nSPS) is 12.2. The highest BCUT2D eigenvalue weighted by Crippen LogP contribution is 2.23. The van der Waals surface area contributed by atoms with Crippen LogP contribution in [-0.2, 0) is 4.79 Å². The highest BCUT2D eigenvalue weighted by molar-refractivity contribution is 8.00. The molecular weight excluding hydrogens is 286 g/mol. The molecule has 1 aromatic heterocycles. The Morgan fingerprint density at radius 1 is 1.35 bits per heavy atom. The van der Waals surface area contributed by atoms with Gasteiger partial charge in [-0.25, -0.2) is 0 Å². The van der Waals surface area contributed by atoms with Gasteiger partial charge < -0.3 is 5.32 Å². The quantitative estimate of drug-likeness (QED) is 0.833. The van der Waals surface area contributed by atoms with Crippen LogP contribution in [-0.4, -0.2) is 11.7 Å². The molecule has 4 heteroatoms. The summed E-state index contributed by atoms with van der Waals surface area (Å²) < 4.78 is 0. The summed E-state index contributed by atoms with van der Waals surface area (Å²) in [4.78, 5) is 14.3. The second-order valence-corrected chi connectivity index (χ2v) is 6.86. The first-order chi connectivity index (χ1) is 9.56. The largest absolute Gasteiger partial charge is 0.348 e. The van der Waals surface area contributed by atoms with Gasteiger partial charge in [0.25, 0.3) is 0 Å². The van der Waals surface area contributed by atoms with E-state index in [1.807, 2.05) is 24.4 Å². The number of hydrogen-bond acceptors (Lipinski definition) is 3. The zero-order valence-corrected chi connectivity index (χ0v) is 13.6. The molecule has 1 N–H and O–H groups in total.